The minimum absolute atomic E-state index is 0.105. The minimum Gasteiger partial charge on any atom is -0.332 e. The number of nitrogens with zero attached hydrogens (tertiary/aromatic N) is 2. The molecular formula is C11H16N2OS. The third kappa shape index (κ3) is 1.91. The summed E-state index contributed by atoms with van der Waals surface area (Å²) in [6, 6.07) is 0.776. The van der Waals surface area contributed by atoms with E-state index >= 15 is 0 Å². The zero-order valence-electron chi connectivity index (χ0n) is 9.14. The number of carbonyl (C=O) groups is 1. The first-order chi connectivity index (χ1) is 7.24. The van der Waals surface area contributed by atoms with Crippen LogP contribution in [0.4, 0.5) is 0 Å². The molecule has 1 fully saturated rings. The van der Waals surface area contributed by atoms with Crippen molar-refractivity contribution in [1.82, 2.24) is 9.88 Å². The third-order valence-corrected chi connectivity index (χ3v) is 3.73. The molecule has 2 rings (SSSR count). The van der Waals surface area contributed by atoms with Gasteiger partial charge in [0.15, 0.2) is 0 Å². The second-order valence-electron chi connectivity index (χ2n) is 4.07. The van der Waals surface area contributed by atoms with E-state index in [1.165, 1.54) is 11.3 Å². The van der Waals surface area contributed by atoms with Gasteiger partial charge in [0.2, 0.25) is 0 Å². The predicted octanol–water partition coefficient (Wildman–Crippen LogP) is 2.55. The Morgan fingerprint density at radius 1 is 1.67 bits per heavy atom. The summed E-state index contributed by atoms with van der Waals surface area (Å²) >= 11 is 1.48. The zero-order chi connectivity index (χ0) is 10.8. The Morgan fingerprint density at radius 3 is 3.07 bits per heavy atom. The van der Waals surface area contributed by atoms with Crippen LogP contribution in [0.1, 0.15) is 43.6 Å². The van der Waals surface area contributed by atoms with Gasteiger partial charge in [0.05, 0.1) is 5.51 Å². The van der Waals surface area contributed by atoms with Crippen LogP contribution in [0, 0.1) is 0 Å². The molecule has 0 aromatic carbocycles. The summed E-state index contributed by atoms with van der Waals surface area (Å²) in [7, 11) is 0. The maximum atomic E-state index is 12.2. The standard InChI is InChI=1S/C11H16N2OS/c1-3-9-5-4-8(2)13(9)11(14)10-6-15-7-12-10/h6-9H,3-5H2,1-2H3. The summed E-state index contributed by atoms with van der Waals surface area (Å²) in [6.07, 6.45) is 3.29. The monoisotopic (exact) mass is 224 g/mol. The molecule has 1 amide bonds. The molecule has 1 aromatic heterocycles. The fourth-order valence-corrected chi connectivity index (χ4v) is 2.81. The molecule has 82 valence electrons. The molecule has 1 aromatic rings. The largest absolute Gasteiger partial charge is 0.332 e. The van der Waals surface area contributed by atoms with Gasteiger partial charge in [-0.05, 0) is 26.2 Å². The van der Waals surface area contributed by atoms with Crippen LogP contribution in [0.25, 0.3) is 0 Å². The first kappa shape index (κ1) is 10.6. The average molecular weight is 224 g/mol. The lowest BCUT2D eigenvalue weighted by Gasteiger charge is -2.27. The van der Waals surface area contributed by atoms with Crippen LogP contribution < -0.4 is 0 Å². The van der Waals surface area contributed by atoms with Gasteiger partial charge < -0.3 is 4.90 Å². The number of thiazole rings is 1. The highest BCUT2D eigenvalue weighted by Gasteiger charge is 2.34. The van der Waals surface area contributed by atoms with Crippen LogP contribution in [-0.2, 0) is 0 Å². The molecule has 2 unspecified atom stereocenters. The van der Waals surface area contributed by atoms with Crippen molar-refractivity contribution in [3.8, 4) is 0 Å². The molecule has 0 radical (unpaired) electrons. The fraction of sp³-hybridized carbons (Fsp3) is 0.636. The summed E-state index contributed by atoms with van der Waals surface area (Å²) in [5.41, 5.74) is 2.32. The Balaban J connectivity index is 2.18. The number of hydrogen-bond acceptors (Lipinski definition) is 3. The molecule has 4 heteroatoms. The van der Waals surface area contributed by atoms with E-state index in [4.69, 9.17) is 0 Å². The molecule has 0 saturated carbocycles. The SMILES string of the molecule is CCC1CCC(C)N1C(=O)c1cscn1. The van der Waals surface area contributed by atoms with Crippen LogP contribution >= 0.6 is 11.3 Å². The normalized spacial score (nSPS) is 25.9. The van der Waals surface area contributed by atoms with Crippen molar-refractivity contribution < 1.29 is 4.79 Å². The highest BCUT2D eigenvalue weighted by atomic mass is 32.1. The van der Waals surface area contributed by atoms with Crippen LogP contribution in [0.3, 0.4) is 0 Å². The molecule has 1 aliphatic heterocycles. The lowest BCUT2D eigenvalue weighted by molar-refractivity contribution is 0.0671. The summed E-state index contributed by atoms with van der Waals surface area (Å²) < 4.78 is 0. The van der Waals surface area contributed by atoms with E-state index < -0.39 is 0 Å². The molecular weight excluding hydrogens is 208 g/mol. The Bertz CT molecular complexity index is 336. The van der Waals surface area contributed by atoms with E-state index in [2.05, 4.69) is 18.8 Å². The number of rotatable bonds is 2. The van der Waals surface area contributed by atoms with Crippen molar-refractivity contribution in [2.24, 2.45) is 0 Å². The molecule has 1 aliphatic rings. The van der Waals surface area contributed by atoms with E-state index in [0.717, 1.165) is 19.3 Å². The fourth-order valence-electron chi connectivity index (χ4n) is 2.29. The molecule has 1 saturated heterocycles. The van der Waals surface area contributed by atoms with Crippen molar-refractivity contribution in [3.63, 3.8) is 0 Å². The maximum absolute atomic E-state index is 12.2. The average Bonchev–Trinajstić information content (AvgIpc) is 2.85. The van der Waals surface area contributed by atoms with Crippen molar-refractivity contribution in [3.05, 3.63) is 16.6 Å². The van der Waals surface area contributed by atoms with E-state index in [9.17, 15) is 4.79 Å². The molecule has 2 atom stereocenters. The number of carbonyl (C=O) groups excluding carboxylic acids is 1. The third-order valence-electron chi connectivity index (χ3n) is 3.14. The van der Waals surface area contributed by atoms with Gasteiger partial charge in [0.25, 0.3) is 5.91 Å². The number of aromatic nitrogens is 1. The smallest absolute Gasteiger partial charge is 0.273 e. The molecule has 2 heterocycles. The molecule has 3 nitrogen and oxygen atoms in total. The van der Waals surface area contributed by atoms with Crippen molar-refractivity contribution >= 4 is 17.2 Å². The van der Waals surface area contributed by atoms with Crippen molar-refractivity contribution in [1.29, 1.82) is 0 Å². The Kier molecular flexibility index (Phi) is 3.05. The summed E-state index contributed by atoms with van der Waals surface area (Å²) in [5, 5.41) is 1.83. The van der Waals surface area contributed by atoms with Crippen LogP contribution in [0.2, 0.25) is 0 Å². The first-order valence-electron chi connectivity index (χ1n) is 5.45. The van der Waals surface area contributed by atoms with Crippen LogP contribution in [-0.4, -0.2) is 27.9 Å². The summed E-state index contributed by atoms with van der Waals surface area (Å²) in [4.78, 5) is 18.3. The number of amides is 1. The van der Waals surface area contributed by atoms with Gasteiger partial charge in [-0.2, -0.15) is 0 Å². The summed E-state index contributed by atoms with van der Waals surface area (Å²) in [5.74, 6) is 0.105. The molecule has 0 N–H and O–H groups in total. The Hall–Kier alpha value is -0.900. The second kappa shape index (κ2) is 4.31. The molecule has 0 spiro atoms. The second-order valence-corrected chi connectivity index (χ2v) is 4.79. The minimum atomic E-state index is 0.105. The predicted molar refractivity (Wildman–Crippen MR) is 61.1 cm³/mol. The molecule has 0 aliphatic carbocycles. The van der Waals surface area contributed by atoms with E-state index in [1.807, 2.05) is 10.3 Å². The number of likely N-dealkylation sites (tertiary alicyclic amines) is 1. The topological polar surface area (TPSA) is 33.2 Å². The van der Waals surface area contributed by atoms with Gasteiger partial charge in [-0.3, -0.25) is 4.79 Å². The zero-order valence-corrected chi connectivity index (χ0v) is 9.96. The lowest BCUT2D eigenvalue weighted by atomic mass is 10.1. The van der Waals surface area contributed by atoms with Gasteiger partial charge in [0.1, 0.15) is 5.69 Å². The lowest BCUT2D eigenvalue weighted by Crippen LogP contribution is -2.39. The van der Waals surface area contributed by atoms with Gasteiger partial charge in [0, 0.05) is 17.5 Å². The Morgan fingerprint density at radius 2 is 2.47 bits per heavy atom. The van der Waals surface area contributed by atoms with Crippen molar-refractivity contribution in [2.45, 2.75) is 45.2 Å². The van der Waals surface area contributed by atoms with Crippen molar-refractivity contribution in [2.75, 3.05) is 0 Å². The first-order valence-corrected chi connectivity index (χ1v) is 6.39. The highest BCUT2D eigenvalue weighted by Crippen LogP contribution is 2.27. The van der Waals surface area contributed by atoms with E-state index in [1.54, 1.807) is 5.51 Å². The molecule has 15 heavy (non-hydrogen) atoms. The van der Waals surface area contributed by atoms with Gasteiger partial charge in [-0.1, -0.05) is 6.92 Å². The maximum Gasteiger partial charge on any atom is 0.273 e. The Labute approximate surface area is 94.1 Å². The van der Waals surface area contributed by atoms with Gasteiger partial charge in [-0.15, -0.1) is 11.3 Å². The summed E-state index contributed by atoms with van der Waals surface area (Å²) in [6.45, 7) is 4.27. The van der Waals surface area contributed by atoms with Gasteiger partial charge in [-0.25, -0.2) is 4.98 Å². The van der Waals surface area contributed by atoms with Crippen LogP contribution in [0.15, 0.2) is 10.9 Å². The van der Waals surface area contributed by atoms with E-state index in [0.29, 0.717) is 17.8 Å². The van der Waals surface area contributed by atoms with Gasteiger partial charge >= 0.3 is 0 Å². The van der Waals surface area contributed by atoms with Crippen LogP contribution in [0.5, 0.6) is 0 Å². The number of hydrogen-bond donors (Lipinski definition) is 0. The highest BCUT2D eigenvalue weighted by molar-refractivity contribution is 7.07. The quantitative estimate of drug-likeness (QED) is 0.773. The van der Waals surface area contributed by atoms with E-state index in [-0.39, 0.29) is 5.91 Å². The molecule has 0 bridgehead atoms.